The first-order valence-corrected chi connectivity index (χ1v) is 7.07. The molecule has 4 nitrogen and oxygen atoms in total. The highest BCUT2D eigenvalue weighted by Gasteiger charge is 2.13. The Morgan fingerprint density at radius 2 is 1.76 bits per heavy atom. The quantitative estimate of drug-likeness (QED) is 0.599. The highest BCUT2D eigenvalue weighted by Crippen LogP contribution is 2.25. The Morgan fingerprint density at radius 3 is 2.38 bits per heavy atom. The van der Waals surface area contributed by atoms with E-state index in [4.69, 9.17) is 23.2 Å². The van der Waals surface area contributed by atoms with E-state index in [1.807, 2.05) is 31.3 Å². The number of nitrogens with zero attached hydrogens (tertiary/aromatic N) is 2. The maximum atomic E-state index is 10.9. The Kier molecular flexibility index (Phi) is 5.17. The number of halogens is 2. The van der Waals surface area contributed by atoms with Crippen LogP contribution in [-0.4, -0.2) is 16.9 Å². The largest absolute Gasteiger partial charge is 0.298 e. The van der Waals surface area contributed by atoms with Crippen molar-refractivity contribution in [3.63, 3.8) is 0 Å². The summed E-state index contributed by atoms with van der Waals surface area (Å²) in [6.45, 7) is 1.29. The average Bonchev–Trinajstić information content (AvgIpc) is 2.40. The number of hydrogen-bond acceptors (Lipinski definition) is 3. The third kappa shape index (κ3) is 4.43. The molecule has 0 fully saturated rings. The molecule has 0 aliphatic heterocycles. The van der Waals surface area contributed by atoms with Gasteiger partial charge >= 0.3 is 0 Å². The van der Waals surface area contributed by atoms with Crippen molar-refractivity contribution in [2.24, 2.45) is 0 Å². The summed E-state index contributed by atoms with van der Waals surface area (Å²) < 4.78 is 0. The van der Waals surface area contributed by atoms with Gasteiger partial charge < -0.3 is 0 Å². The third-order valence-electron chi connectivity index (χ3n) is 3.00. The second-order valence-electron chi connectivity index (χ2n) is 4.85. The molecule has 2 aromatic rings. The van der Waals surface area contributed by atoms with Crippen molar-refractivity contribution in [1.82, 2.24) is 4.90 Å². The smallest absolute Gasteiger partial charge is 0.288 e. The van der Waals surface area contributed by atoms with E-state index in [9.17, 15) is 10.1 Å². The van der Waals surface area contributed by atoms with Gasteiger partial charge in [0.1, 0.15) is 5.02 Å². The molecule has 0 unspecified atom stereocenters. The van der Waals surface area contributed by atoms with Crippen LogP contribution in [0.3, 0.4) is 0 Å². The monoisotopic (exact) mass is 324 g/mol. The Labute approximate surface area is 133 Å². The van der Waals surface area contributed by atoms with Gasteiger partial charge in [0, 0.05) is 24.2 Å². The fourth-order valence-corrected chi connectivity index (χ4v) is 2.51. The average molecular weight is 325 g/mol. The van der Waals surface area contributed by atoms with Crippen LogP contribution in [0.15, 0.2) is 42.5 Å². The van der Waals surface area contributed by atoms with Crippen LogP contribution < -0.4 is 0 Å². The Balaban J connectivity index is 2.07. The molecule has 0 aromatic heterocycles. The van der Waals surface area contributed by atoms with E-state index >= 15 is 0 Å². The molecule has 0 spiro atoms. The van der Waals surface area contributed by atoms with Crippen molar-refractivity contribution in [2.75, 3.05) is 7.05 Å². The SMILES string of the molecule is CN(Cc1cccc(Cl)c1)Cc1ccc(Cl)c([N+](=O)[O-])c1. The first kappa shape index (κ1) is 15.8. The molecule has 0 aliphatic rings. The molecule has 0 heterocycles. The van der Waals surface area contributed by atoms with Crippen molar-refractivity contribution < 1.29 is 4.92 Å². The minimum atomic E-state index is -0.469. The predicted molar refractivity (Wildman–Crippen MR) is 84.7 cm³/mol. The standard InChI is InChI=1S/C15H14Cl2N2O2/c1-18(9-11-3-2-4-13(16)7-11)10-12-5-6-14(17)15(8-12)19(20)21/h2-8H,9-10H2,1H3. The van der Waals surface area contributed by atoms with E-state index in [-0.39, 0.29) is 10.7 Å². The Hall–Kier alpha value is -1.62. The van der Waals surface area contributed by atoms with Gasteiger partial charge in [-0.05, 0) is 36.4 Å². The maximum Gasteiger partial charge on any atom is 0.288 e. The number of hydrogen-bond donors (Lipinski definition) is 0. The van der Waals surface area contributed by atoms with Crippen LogP contribution in [0.2, 0.25) is 10.0 Å². The lowest BCUT2D eigenvalue weighted by Crippen LogP contribution is -2.17. The molecule has 0 bridgehead atoms. The molecule has 0 aliphatic carbocycles. The summed E-state index contributed by atoms with van der Waals surface area (Å²) in [5, 5.41) is 11.7. The lowest BCUT2D eigenvalue weighted by molar-refractivity contribution is -0.384. The van der Waals surface area contributed by atoms with Crippen molar-refractivity contribution in [3.05, 3.63) is 73.8 Å². The van der Waals surface area contributed by atoms with Crippen molar-refractivity contribution >= 4 is 28.9 Å². The van der Waals surface area contributed by atoms with Gasteiger partial charge in [-0.1, -0.05) is 41.4 Å². The lowest BCUT2D eigenvalue weighted by atomic mass is 10.1. The normalized spacial score (nSPS) is 10.9. The van der Waals surface area contributed by atoms with Crippen molar-refractivity contribution in [3.8, 4) is 0 Å². The van der Waals surface area contributed by atoms with Crippen LogP contribution in [0.1, 0.15) is 11.1 Å². The second kappa shape index (κ2) is 6.89. The fourth-order valence-electron chi connectivity index (χ4n) is 2.11. The summed E-state index contributed by atoms with van der Waals surface area (Å²) in [5.74, 6) is 0. The van der Waals surface area contributed by atoms with E-state index in [1.54, 1.807) is 12.1 Å². The molecule has 2 rings (SSSR count). The number of nitro benzene ring substituents is 1. The van der Waals surface area contributed by atoms with Crippen LogP contribution in [-0.2, 0) is 13.1 Å². The van der Waals surface area contributed by atoms with Gasteiger partial charge in [0.15, 0.2) is 0 Å². The topological polar surface area (TPSA) is 46.4 Å². The highest BCUT2D eigenvalue weighted by atomic mass is 35.5. The first-order valence-electron chi connectivity index (χ1n) is 6.31. The summed E-state index contributed by atoms with van der Waals surface area (Å²) >= 11 is 11.8. The van der Waals surface area contributed by atoms with Crippen molar-refractivity contribution in [2.45, 2.75) is 13.1 Å². The summed E-state index contributed by atoms with van der Waals surface area (Å²) in [6.07, 6.45) is 0. The second-order valence-corrected chi connectivity index (χ2v) is 5.69. The molecule has 0 saturated heterocycles. The molecular weight excluding hydrogens is 311 g/mol. The minimum Gasteiger partial charge on any atom is -0.298 e. The van der Waals surface area contributed by atoms with Gasteiger partial charge in [0.25, 0.3) is 5.69 Å². The number of rotatable bonds is 5. The van der Waals surface area contributed by atoms with Gasteiger partial charge in [0.2, 0.25) is 0 Å². The Bertz CT molecular complexity index is 662. The first-order chi connectivity index (χ1) is 9.95. The zero-order valence-corrected chi connectivity index (χ0v) is 12.9. The van der Waals surface area contributed by atoms with E-state index in [0.717, 1.165) is 11.1 Å². The zero-order chi connectivity index (χ0) is 15.4. The summed E-state index contributed by atoms with van der Waals surface area (Å²) in [4.78, 5) is 12.5. The van der Waals surface area contributed by atoms with E-state index in [1.165, 1.54) is 6.07 Å². The van der Waals surface area contributed by atoms with Crippen LogP contribution >= 0.6 is 23.2 Å². The predicted octanol–water partition coefficient (Wildman–Crippen LogP) is 4.53. The van der Waals surface area contributed by atoms with Crippen LogP contribution in [0, 0.1) is 10.1 Å². The molecule has 0 N–H and O–H groups in total. The van der Waals surface area contributed by atoms with E-state index < -0.39 is 4.92 Å². The fraction of sp³-hybridized carbons (Fsp3) is 0.200. The maximum absolute atomic E-state index is 10.9. The number of nitro groups is 1. The zero-order valence-electron chi connectivity index (χ0n) is 11.4. The minimum absolute atomic E-state index is 0.0645. The van der Waals surface area contributed by atoms with E-state index in [0.29, 0.717) is 18.1 Å². The molecule has 2 aromatic carbocycles. The van der Waals surface area contributed by atoms with Crippen LogP contribution in [0.5, 0.6) is 0 Å². The molecule has 0 amide bonds. The van der Waals surface area contributed by atoms with E-state index in [2.05, 4.69) is 4.90 Å². The van der Waals surface area contributed by atoms with Gasteiger partial charge in [-0.15, -0.1) is 0 Å². The van der Waals surface area contributed by atoms with Crippen LogP contribution in [0.4, 0.5) is 5.69 Å². The van der Waals surface area contributed by atoms with Gasteiger partial charge in [-0.2, -0.15) is 0 Å². The summed E-state index contributed by atoms with van der Waals surface area (Å²) in [5.41, 5.74) is 1.87. The lowest BCUT2D eigenvalue weighted by Gasteiger charge is -2.17. The van der Waals surface area contributed by atoms with Crippen LogP contribution in [0.25, 0.3) is 0 Å². The molecule has 0 radical (unpaired) electrons. The third-order valence-corrected chi connectivity index (χ3v) is 3.56. The van der Waals surface area contributed by atoms with Crippen molar-refractivity contribution in [1.29, 1.82) is 0 Å². The molecule has 110 valence electrons. The molecular formula is C15H14Cl2N2O2. The summed E-state index contributed by atoms with van der Waals surface area (Å²) in [7, 11) is 1.95. The molecule has 0 saturated carbocycles. The Morgan fingerprint density at radius 1 is 1.10 bits per heavy atom. The van der Waals surface area contributed by atoms with Gasteiger partial charge in [0.05, 0.1) is 4.92 Å². The molecule has 21 heavy (non-hydrogen) atoms. The molecule has 6 heteroatoms. The molecule has 0 atom stereocenters. The van der Waals surface area contributed by atoms with Gasteiger partial charge in [-0.25, -0.2) is 0 Å². The summed E-state index contributed by atoms with van der Waals surface area (Å²) in [6, 6.07) is 12.5. The highest BCUT2D eigenvalue weighted by molar-refractivity contribution is 6.32. The number of benzene rings is 2. The van der Waals surface area contributed by atoms with Gasteiger partial charge in [-0.3, -0.25) is 15.0 Å².